The second-order valence-electron chi connectivity index (χ2n) is 7.97. The molecular formula is C25H21FN4O6. The standard InChI is InChI=1S/C25H21FN4O6/c26-18-8-6-17(7-9-18)24(32)28-19-4-1-3-16(13-19)15-27-23(31)5-2-12-29-21-11-10-20(30(34)35)14-22(21)36-25(29)33/h1,3-4,6-11,13-14H,2,5,12,15H2,(H,27,31)(H,28,32). The number of fused-ring (bicyclic) bond motifs is 1. The number of rotatable bonds is 9. The van der Waals surface area contributed by atoms with E-state index in [2.05, 4.69) is 10.6 Å². The van der Waals surface area contributed by atoms with Crippen LogP contribution in [0.25, 0.3) is 11.1 Å². The van der Waals surface area contributed by atoms with E-state index in [9.17, 15) is 28.9 Å². The average Bonchev–Trinajstić information content (AvgIpc) is 3.17. The number of nitrogens with zero attached hydrogens (tertiary/aromatic N) is 2. The highest BCUT2D eigenvalue weighted by Gasteiger charge is 2.14. The fourth-order valence-electron chi connectivity index (χ4n) is 3.63. The van der Waals surface area contributed by atoms with Crippen molar-refractivity contribution < 1.29 is 23.3 Å². The number of nitrogens with one attached hydrogen (secondary N) is 2. The Kier molecular flexibility index (Phi) is 7.19. The molecule has 0 fully saturated rings. The largest absolute Gasteiger partial charge is 0.419 e. The number of non-ortho nitro benzene ring substituents is 1. The number of halogens is 1. The zero-order chi connectivity index (χ0) is 25.7. The van der Waals surface area contributed by atoms with Crippen LogP contribution in [0.2, 0.25) is 0 Å². The van der Waals surface area contributed by atoms with Gasteiger partial charge < -0.3 is 15.1 Å². The van der Waals surface area contributed by atoms with Crippen molar-refractivity contribution in [2.75, 3.05) is 5.32 Å². The number of carbonyl (C=O) groups is 2. The van der Waals surface area contributed by atoms with Gasteiger partial charge in [0.25, 0.3) is 11.6 Å². The van der Waals surface area contributed by atoms with Crippen LogP contribution in [0.4, 0.5) is 15.8 Å². The fourth-order valence-corrected chi connectivity index (χ4v) is 3.63. The number of aryl methyl sites for hydroxylation is 1. The summed E-state index contributed by atoms with van der Waals surface area (Å²) >= 11 is 0. The summed E-state index contributed by atoms with van der Waals surface area (Å²) in [6.45, 7) is 0.444. The molecule has 0 unspecified atom stereocenters. The average molecular weight is 492 g/mol. The Bertz CT molecular complexity index is 1490. The van der Waals surface area contributed by atoms with E-state index in [0.29, 0.717) is 23.2 Å². The number of benzene rings is 3. The van der Waals surface area contributed by atoms with Gasteiger partial charge in [-0.05, 0) is 54.4 Å². The van der Waals surface area contributed by atoms with Gasteiger partial charge in [-0.2, -0.15) is 0 Å². The van der Waals surface area contributed by atoms with Crippen molar-refractivity contribution in [1.29, 1.82) is 0 Å². The molecule has 0 aliphatic heterocycles. The number of hydrogen-bond acceptors (Lipinski definition) is 6. The molecule has 3 aromatic carbocycles. The molecule has 0 atom stereocenters. The maximum absolute atomic E-state index is 13.0. The normalized spacial score (nSPS) is 10.8. The Morgan fingerprint density at radius 2 is 1.83 bits per heavy atom. The molecule has 0 saturated heterocycles. The van der Waals surface area contributed by atoms with Gasteiger partial charge in [-0.25, -0.2) is 9.18 Å². The SMILES string of the molecule is O=C(CCCn1c(=O)oc2cc([N+](=O)[O-])ccc21)NCc1cccc(NC(=O)c2ccc(F)cc2)c1. The lowest BCUT2D eigenvalue weighted by Gasteiger charge is -2.09. The molecule has 2 N–H and O–H groups in total. The highest BCUT2D eigenvalue weighted by Crippen LogP contribution is 2.20. The second kappa shape index (κ2) is 10.6. The summed E-state index contributed by atoms with van der Waals surface area (Å²) in [6.07, 6.45) is 0.498. The Balaban J connectivity index is 1.28. The van der Waals surface area contributed by atoms with Crippen molar-refractivity contribution in [2.24, 2.45) is 0 Å². The topological polar surface area (TPSA) is 136 Å². The third-order valence-corrected chi connectivity index (χ3v) is 5.43. The molecule has 10 nitrogen and oxygen atoms in total. The van der Waals surface area contributed by atoms with E-state index in [1.54, 1.807) is 24.3 Å². The predicted molar refractivity (Wildman–Crippen MR) is 129 cm³/mol. The van der Waals surface area contributed by atoms with E-state index in [1.165, 1.54) is 47.0 Å². The van der Waals surface area contributed by atoms with Gasteiger partial charge in [-0.1, -0.05) is 12.1 Å². The van der Waals surface area contributed by atoms with E-state index < -0.39 is 16.5 Å². The van der Waals surface area contributed by atoms with Gasteiger partial charge in [0.05, 0.1) is 16.5 Å². The lowest BCUT2D eigenvalue weighted by atomic mass is 10.1. The smallest absolute Gasteiger partial charge is 0.407 e. The van der Waals surface area contributed by atoms with E-state index in [-0.39, 0.29) is 42.6 Å². The van der Waals surface area contributed by atoms with E-state index >= 15 is 0 Å². The van der Waals surface area contributed by atoms with Crippen LogP contribution in [-0.2, 0) is 17.9 Å². The van der Waals surface area contributed by atoms with Crippen molar-refractivity contribution >= 4 is 34.3 Å². The molecule has 0 aliphatic rings. The van der Waals surface area contributed by atoms with Crippen LogP contribution in [0.3, 0.4) is 0 Å². The number of amides is 2. The van der Waals surface area contributed by atoms with Gasteiger partial charge in [0.2, 0.25) is 5.91 Å². The highest BCUT2D eigenvalue weighted by molar-refractivity contribution is 6.04. The van der Waals surface area contributed by atoms with Crippen molar-refractivity contribution in [1.82, 2.24) is 9.88 Å². The third-order valence-electron chi connectivity index (χ3n) is 5.43. The van der Waals surface area contributed by atoms with Gasteiger partial charge in [-0.15, -0.1) is 0 Å². The Morgan fingerprint density at radius 1 is 1.06 bits per heavy atom. The maximum atomic E-state index is 13.0. The first-order chi connectivity index (χ1) is 17.3. The number of aromatic nitrogens is 1. The second-order valence-corrected chi connectivity index (χ2v) is 7.97. The summed E-state index contributed by atoms with van der Waals surface area (Å²) < 4.78 is 19.5. The first kappa shape index (κ1) is 24.3. The first-order valence-electron chi connectivity index (χ1n) is 11.0. The lowest BCUT2D eigenvalue weighted by molar-refractivity contribution is -0.384. The van der Waals surface area contributed by atoms with Crippen molar-refractivity contribution in [3.63, 3.8) is 0 Å². The molecule has 184 valence electrons. The molecule has 0 spiro atoms. The van der Waals surface area contributed by atoms with Crippen molar-refractivity contribution in [3.05, 3.63) is 104 Å². The minimum Gasteiger partial charge on any atom is -0.407 e. The van der Waals surface area contributed by atoms with Gasteiger partial charge in [0.1, 0.15) is 5.82 Å². The summed E-state index contributed by atoms with van der Waals surface area (Å²) in [5.74, 6) is -1.69. The minimum absolute atomic E-state index is 0.116. The van der Waals surface area contributed by atoms with Crippen LogP contribution in [0.15, 0.2) is 75.9 Å². The van der Waals surface area contributed by atoms with Crippen LogP contribution >= 0.6 is 0 Å². The zero-order valence-corrected chi connectivity index (χ0v) is 18.9. The Hall–Kier alpha value is -4.80. The van der Waals surface area contributed by atoms with Gasteiger partial charge >= 0.3 is 5.76 Å². The molecule has 0 saturated carbocycles. The van der Waals surface area contributed by atoms with Crippen LogP contribution in [-0.4, -0.2) is 21.3 Å². The van der Waals surface area contributed by atoms with E-state index in [4.69, 9.17) is 4.42 Å². The number of nitro groups is 1. The van der Waals surface area contributed by atoms with E-state index in [1.807, 2.05) is 0 Å². The van der Waals surface area contributed by atoms with Crippen LogP contribution in [0.1, 0.15) is 28.8 Å². The quantitative estimate of drug-likeness (QED) is 0.268. The monoisotopic (exact) mass is 492 g/mol. The molecule has 2 amide bonds. The van der Waals surface area contributed by atoms with Gasteiger partial charge in [-0.3, -0.25) is 24.3 Å². The summed E-state index contributed by atoms with van der Waals surface area (Å²) in [6, 6.07) is 16.1. The molecular weight excluding hydrogens is 471 g/mol. The number of oxazole rings is 1. The predicted octanol–water partition coefficient (Wildman–Crippen LogP) is 3.99. The summed E-state index contributed by atoms with van der Waals surface area (Å²) in [7, 11) is 0. The van der Waals surface area contributed by atoms with E-state index in [0.717, 1.165) is 5.56 Å². The maximum Gasteiger partial charge on any atom is 0.419 e. The summed E-state index contributed by atoms with van der Waals surface area (Å²) in [4.78, 5) is 47.0. The fraction of sp³-hybridized carbons (Fsp3) is 0.160. The number of hydrogen-bond donors (Lipinski definition) is 2. The molecule has 4 rings (SSSR count). The highest BCUT2D eigenvalue weighted by atomic mass is 19.1. The molecule has 1 heterocycles. The summed E-state index contributed by atoms with van der Waals surface area (Å²) in [5, 5.41) is 16.4. The van der Waals surface area contributed by atoms with Crippen molar-refractivity contribution in [3.8, 4) is 0 Å². The lowest BCUT2D eigenvalue weighted by Crippen LogP contribution is -2.23. The minimum atomic E-state index is -0.648. The van der Waals surface area contributed by atoms with Crippen LogP contribution < -0.4 is 16.4 Å². The molecule has 11 heteroatoms. The zero-order valence-electron chi connectivity index (χ0n) is 18.9. The number of carbonyl (C=O) groups excluding carboxylic acids is 2. The number of nitro benzene ring substituents is 1. The first-order valence-corrected chi connectivity index (χ1v) is 11.0. The van der Waals surface area contributed by atoms with Crippen LogP contribution in [0.5, 0.6) is 0 Å². The Labute approximate surface area is 203 Å². The molecule has 0 aliphatic carbocycles. The molecule has 0 radical (unpaired) electrons. The third kappa shape index (κ3) is 5.81. The molecule has 0 bridgehead atoms. The van der Waals surface area contributed by atoms with Crippen molar-refractivity contribution in [2.45, 2.75) is 25.9 Å². The molecule has 1 aromatic heterocycles. The summed E-state index contributed by atoms with van der Waals surface area (Å²) in [5.41, 5.74) is 1.97. The Morgan fingerprint density at radius 3 is 2.58 bits per heavy atom. The van der Waals surface area contributed by atoms with Gasteiger partial charge in [0, 0.05) is 36.8 Å². The molecule has 4 aromatic rings. The number of anilines is 1. The molecule has 36 heavy (non-hydrogen) atoms. The van der Waals surface area contributed by atoms with Crippen LogP contribution in [0, 0.1) is 15.9 Å². The van der Waals surface area contributed by atoms with Gasteiger partial charge in [0.15, 0.2) is 5.58 Å².